The maximum absolute atomic E-state index is 6.33. The van der Waals surface area contributed by atoms with Gasteiger partial charge in [0.05, 0.1) is 0 Å². The minimum atomic E-state index is -1.66. The molecular formula is C35H53IOPSi. The third-order valence-electron chi connectivity index (χ3n) is 8.50. The molecule has 3 aromatic carbocycles. The molecule has 3 rings (SSSR count). The minimum Gasteiger partial charge on any atom is -0.417 e. The van der Waals surface area contributed by atoms with E-state index in [9.17, 15) is 0 Å². The van der Waals surface area contributed by atoms with Gasteiger partial charge in [-0.05, 0) is 60.3 Å². The second kappa shape index (κ2) is 17.1. The smallest absolute Gasteiger partial charge is 0.191 e. The van der Waals surface area contributed by atoms with Crippen molar-refractivity contribution in [3.8, 4) is 0 Å². The summed E-state index contributed by atoms with van der Waals surface area (Å²) in [5, 5.41) is 4.84. The second-order valence-electron chi connectivity index (χ2n) is 12.3. The predicted octanol–water partition coefficient (Wildman–Crippen LogP) is 10.1. The van der Waals surface area contributed by atoms with Gasteiger partial charge in [0.1, 0.15) is 0 Å². The Bertz CT molecular complexity index is 938. The molecule has 0 aliphatic carbocycles. The van der Waals surface area contributed by atoms with E-state index < -0.39 is 15.6 Å². The van der Waals surface area contributed by atoms with Crippen LogP contribution in [-0.4, -0.2) is 21.1 Å². The van der Waals surface area contributed by atoms with E-state index in [1.807, 2.05) is 0 Å². The molecule has 4 heteroatoms. The van der Waals surface area contributed by atoms with Crippen LogP contribution in [0.5, 0.6) is 0 Å². The zero-order valence-corrected chi connectivity index (χ0v) is 29.4. The highest BCUT2D eigenvalue weighted by Gasteiger charge is 2.36. The van der Waals surface area contributed by atoms with Gasteiger partial charge >= 0.3 is 0 Å². The molecule has 0 N–H and O–H groups in total. The molecule has 0 amide bonds. The molecule has 0 aliphatic rings. The monoisotopic (exact) mass is 675 g/mol. The molecule has 0 heterocycles. The lowest BCUT2D eigenvalue weighted by Gasteiger charge is -2.38. The van der Waals surface area contributed by atoms with Crippen molar-refractivity contribution >= 4 is 55.5 Å². The molecule has 0 atom stereocenters. The number of benzene rings is 3. The lowest BCUT2D eigenvalue weighted by molar-refractivity contribution is 0.277. The van der Waals surface area contributed by atoms with Crippen LogP contribution in [0.1, 0.15) is 78.6 Å². The standard InChI is InChI=1S/C35H52OPSi.HI/c1-35(2,3)38(4,5)36-30-22-11-9-7-6-8-10-12-23-31-37(32-24-16-13-17-25-32,33-26-18-14-19-27-33)34-28-20-15-21-29-34;/h13-21,24-29H,6-12,22-23,30-31H2,1-5H3;1H. The van der Waals surface area contributed by atoms with Crippen molar-refractivity contribution in [2.75, 3.05) is 12.8 Å². The van der Waals surface area contributed by atoms with Crippen LogP contribution in [0.2, 0.25) is 18.1 Å². The Hall–Kier alpha value is -1.00. The molecular weight excluding hydrogens is 622 g/mol. The van der Waals surface area contributed by atoms with Crippen molar-refractivity contribution in [1.82, 2.24) is 0 Å². The van der Waals surface area contributed by atoms with Crippen LogP contribution in [-0.2, 0) is 4.43 Å². The molecule has 0 bridgehead atoms. The lowest BCUT2D eigenvalue weighted by Crippen LogP contribution is -2.40. The van der Waals surface area contributed by atoms with Gasteiger partial charge in [-0.2, -0.15) is 0 Å². The van der Waals surface area contributed by atoms with Crippen LogP contribution in [0.15, 0.2) is 91.0 Å². The molecule has 0 aliphatic heterocycles. The Labute approximate surface area is 259 Å². The Morgan fingerprint density at radius 1 is 0.538 bits per heavy atom. The average Bonchev–Trinajstić information content (AvgIpc) is 2.92. The maximum atomic E-state index is 6.33. The van der Waals surface area contributed by atoms with Gasteiger partial charge in [-0.25, -0.2) is 0 Å². The summed E-state index contributed by atoms with van der Waals surface area (Å²) in [6, 6.07) is 33.9. The fourth-order valence-electron chi connectivity index (χ4n) is 5.11. The highest BCUT2D eigenvalue weighted by molar-refractivity contribution is 14.0. The molecule has 0 aromatic heterocycles. The molecule has 0 fully saturated rings. The predicted molar refractivity (Wildman–Crippen MR) is 190 cm³/mol. The number of rotatable bonds is 16. The number of hydrogen-bond donors (Lipinski definition) is 0. The Morgan fingerprint density at radius 2 is 0.872 bits per heavy atom. The van der Waals surface area contributed by atoms with Crippen molar-refractivity contribution in [1.29, 1.82) is 0 Å². The van der Waals surface area contributed by atoms with Crippen molar-refractivity contribution in [2.45, 2.75) is 96.7 Å². The van der Waals surface area contributed by atoms with E-state index in [0.29, 0.717) is 5.04 Å². The fourth-order valence-corrected chi connectivity index (χ4v) is 10.6. The second-order valence-corrected chi connectivity index (χ2v) is 20.8. The van der Waals surface area contributed by atoms with Crippen molar-refractivity contribution < 1.29 is 4.43 Å². The van der Waals surface area contributed by atoms with Gasteiger partial charge in [-0.15, -0.1) is 24.0 Å². The van der Waals surface area contributed by atoms with E-state index >= 15 is 0 Å². The Morgan fingerprint density at radius 3 is 1.23 bits per heavy atom. The summed E-state index contributed by atoms with van der Waals surface area (Å²) in [5.74, 6) is 0. The van der Waals surface area contributed by atoms with Crippen molar-refractivity contribution in [3.05, 3.63) is 91.0 Å². The summed E-state index contributed by atoms with van der Waals surface area (Å²) in [5.41, 5.74) is 0. The highest BCUT2D eigenvalue weighted by atomic mass is 127. The third-order valence-corrected chi connectivity index (χ3v) is 17.6. The van der Waals surface area contributed by atoms with E-state index in [1.165, 1.54) is 79.9 Å². The van der Waals surface area contributed by atoms with Gasteiger partial charge in [0.2, 0.25) is 0 Å². The topological polar surface area (TPSA) is 9.23 Å². The normalized spacial score (nSPS) is 12.2. The maximum Gasteiger partial charge on any atom is 0.191 e. The van der Waals surface area contributed by atoms with Crippen LogP contribution in [0.3, 0.4) is 0 Å². The van der Waals surface area contributed by atoms with Gasteiger partial charge in [-0.1, -0.05) is 157 Å². The molecule has 1 radical (unpaired) electrons. The molecule has 0 unspecified atom stereocenters. The first-order chi connectivity index (χ1) is 18.3. The van der Waals surface area contributed by atoms with Crippen LogP contribution in [0, 0.1) is 0 Å². The van der Waals surface area contributed by atoms with Crippen molar-refractivity contribution in [2.24, 2.45) is 0 Å². The number of halogens is 1. The van der Waals surface area contributed by atoms with Crippen LogP contribution >= 0.6 is 31.2 Å². The van der Waals surface area contributed by atoms with E-state index in [1.54, 1.807) is 0 Å². The summed E-state index contributed by atoms with van der Waals surface area (Å²) in [6.45, 7) is 12.6. The zero-order chi connectivity index (χ0) is 27.3. The first-order valence-corrected chi connectivity index (χ1v) is 19.8. The number of unbranched alkanes of at least 4 members (excludes halogenated alkanes) is 8. The SMILES string of the molecule is CC(C)(C)[Si](C)(C)OCCCCCCCCCCC[P](c1ccccc1)(c1ccccc1)c1ccccc1.I. The molecule has 0 saturated heterocycles. The fraction of sp³-hybridized carbons (Fsp3) is 0.486. The summed E-state index contributed by atoms with van der Waals surface area (Å²) < 4.78 is 6.33. The van der Waals surface area contributed by atoms with Gasteiger partial charge < -0.3 is 4.43 Å². The number of hydrogen-bond acceptors (Lipinski definition) is 1. The molecule has 1 nitrogen and oxygen atoms in total. The summed E-state index contributed by atoms with van der Waals surface area (Å²) in [6.07, 6.45) is 13.2. The largest absolute Gasteiger partial charge is 0.417 e. The van der Waals surface area contributed by atoms with Crippen molar-refractivity contribution in [3.63, 3.8) is 0 Å². The van der Waals surface area contributed by atoms with E-state index in [4.69, 9.17) is 4.43 Å². The summed E-state index contributed by atoms with van der Waals surface area (Å²) in [7, 11) is -3.24. The van der Waals surface area contributed by atoms with Gasteiger partial charge in [0, 0.05) is 6.61 Å². The molecule has 215 valence electrons. The first kappa shape index (κ1) is 34.2. The molecule has 39 heavy (non-hydrogen) atoms. The molecule has 0 spiro atoms. The highest BCUT2D eigenvalue weighted by Crippen LogP contribution is 2.56. The molecule has 3 aromatic rings. The minimum absolute atomic E-state index is 0. The van der Waals surface area contributed by atoms with Crippen LogP contribution < -0.4 is 15.9 Å². The van der Waals surface area contributed by atoms with Gasteiger partial charge in [-0.3, -0.25) is 0 Å². The molecule has 0 saturated carbocycles. The zero-order valence-electron chi connectivity index (χ0n) is 25.2. The quantitative estimate of drug-likeness (QED) is 0.0636. The summed E-state index contributed by atoms with van der Waals surface area (Å²) >= 11 is 0. The van der Waals surface area contributed by atoms with E-state index in [2.05, 4.69) is 125 Å². The summed E-state index contributed by atoms with van der Waals surface area (Å²) in [4.78, 5) is 0. The van der Waals surface area contributed by atoms with E-state index in [-0.39, 0.29) is 24.0 Å². The van der Waals surface area contributed by atoms with Crippen LogP contribution in [0.4, 0.5) is 0 Å². The van der Waals surface area contributed by atoms with Crippen LogP contribution in [0.25, 0.3) is 0 Å². The third kappa shape index (κ3) is 10.1. The Balaban J connectivity index is 0.00000533. The van der Waals surface area contributed by atoms with Gasteiger partial charge in [0.15, 0.2) is 8.32 Å². The lowest BCUT2D eigenvalue weighted by atomic mass is 10.1. The first-order valence-electron chi connectivity index (χ1n) is 15.0. The van der Waals surface area contributed by atoms with Gasteiger partial charge in [0.25, 0.3) is 0 Å². The average molecular weight is 676 g/mol. The van der Waals surface area contributed by atoms with E-state index in [0.717, 1.165) is 6.61 Å². The Kier molecular flexibility index (Phi) is 15.0.